The van der Waals surface area contributed by atoms with Crippen LogP contribution in [0.4, 0.5) is 18.9 Å². The van der Waals surface area contributed by atoms with Gasteiger partial charge in [-0.05, 0) is 48.0 Å². The van der Waals surface area contributed by atoms with E-state index in [9.17, 15) is 18.0 Å². The number of carbonyl (C=O) groups is 1. The van der Waals surface area contributed by atoms with Crippen molar-refractivity contribution in [1.29, 1.82) is 0 Å². The number of ether oxygens (including phenoxy) is 1. The molecule has 0 atom stereocenters. The standard InChI is InChI=1S/C16H10Cl2F3NO2/c17-13-7-1-10(9-14(13)18)2-8-15(23)22-11-3-5-12(6-4-11)24-16(19,20)21/h1-9H,(H,22,23)/b8-2+. The molecule has 0 spiro atoms. The molecule has 0 aliphatic carbocycles. The normalized spacial score (nSPS) is 11.5. The minimum Gasteiger partial charge on any atom is -0.406 e. The van der Waals surface area contributed by atoms with Crippen LogP contribution in [0.25, 0.3) is 6.08 Å². The maximum atomic E-state index is 12.0. The van der Waals surface area contributed by atoms with Crippen LogP contribution in [-0.4, -0.2) is 12.3 Å². The van der Waals surface area contributed by atoms with Crippen molar-refractivity contribution < 1.29 is 22.7 Å². The van der Waals surface area contributed by atoms with Crippen LogP contribution in [0.15, 0.2) is 48.5 Å². The van der Waals surface area contributed by atoms with E-state index in [2.05, 4.69) is 10.1 Å². The zero-order chi connectivity index (χ0) is 17.7. The average Bonchev–Trinajstić information content (AvgIpc) is 2.49. The van der Waals surface area contributed by atoms with Gasteiger partial charge < -0.3 is 10.1 Å². The minimum absolute atomic E-state index is 0.327. The fourth-order valence-electron chi connectivity index (χ4n) is 1.71. The third-order valence-electron chi connectivity index (χ3n) is 2.73. The number of anilines is 1. The fourth-order valence-corrected chi connectivity index (χ4v) is 2.02. The summed E-state index contributed by atoms with van der Waals surface area (Å²) in [6.07, 6.45) is -1.97. The molecule has 0 aliphatic rings. The van der Waals surface area contributed by atoms with Crippen molar-refractivity contribution in [3.8, 4) is 5.75 Å². The van der Waals surface area contributed by atoms with Crippen molar-refractivity contribution in [2.24, 2.45) is 0 Å². The van der Waals surface area contributed by atoms with Gasteiger partial charge in [0.2, 0.25) is 5.91 Å². The molecule has 2 aromatic carbocycles. The van der Waals surface area contributed by atoms with Gasteiger partial charge in [0.15, 0.2) is 0 Å². The first-order valence-corrected chi connectivity index (χ1v) is 7.28. The van der Waals surface area contributed by atoms with E-state index in [0.29, 0.717) is 21.3 Å². The Morgan fingerprint density at radius 3 is 2.29 bits per heavy atom. The summed E-state index contributed by atoms with van der Waals surface area (Å²) in [5, 5.41) is 3.27. The molecule has 0 fully saturated rings. The Bertz CT molecular complexity index is 759. The van der Waals surface area contributed by atoms with Crippen molar-refractivity contribution in [3.63, 3.8) is 0 Å². The number of nitrogens with one attached hydrogen (secondary N) is 1. The van der Waals surface area contributed by atoms with E-state index in [-0.39, 0.29) is 5.75 Å². The summed E-state index contributed by atoms with van der Waals surface area (Å²) in [5.41, 5.74) is 1.00. The molecule has 0 aromatic heterocycles. The second-order valence-electron chi connectivity index (χ2n) is 4.57. The highest BCUT2D eigenvalue weighted by atomic mass is 35.5. The molecule has 24 heavy (non-hydrogen) atoms. The van der Waals surface area contributed by atoms with Crippen molar-refractivity contribution in [2.45, 2.75) is 6.36 Å². The average molecular weight is 376 g/mol. The number of carbonyl (C=O) groups excluding carboxylic acids is 1. The maximum absolute atomic E-state index is 12.0. The van der Waals surface area contributed by atoms with Gasteiger partial charge >= 0.3 is 6.36 Å². The lowest BCUT2D eigenvalue weighted by Gasteiger charge is -2.09. The molecule has 1 amide bonds. The van der Waals surface area contributed by atoms with E-state index in [4.69, 9.17) is 23.2 Å². The van der Waals surface area contributed by atoms with Crippen LogP contribution >= 0.6 is 23.2 Å². The maximum Gasteiger partial charge on any atom is 0.573 e. The van der Waals surface area contributed by atoms with Gasteiger partial charge in [0.05, 0.1) is 10.0 Å². The lowest BCUT2D eigenvalue weighted by molar-refractivity contribution is -0.274. The SMILES string of the molecule is O=C(/C=C/c1ccc(Cl)c(Cl)c1)Nc1ccc(OC(F)(F)F)cc1. The molecular formula is C16H10Cl2F3NO2. The largest absolute Gasteiger partial charge is 0.573 e. The number of hydrogen-bond acceptors (Lipinski definition) is 2. The number of halogens is 5. The summed E-state index contributed by atoms with van der Waals surface area (Å²) in [6.45, 7) is 0. The molecule has 0 radical (unpaired) electrons. The third kappa shape index (κ3) is 5.79. The molecule has 2 aromatic rings. The molecule has 0 saturated carbocycles. The van der Waals surface area contributed by atoms with Crippen LogP contribution < -0.4 is 10.1 Å². The van der Waals surface area contributed by atoms with Crippen LogP contribution in [0.2, 0.25) is 10.0 Å². The van der Waals surface area contributed by atoms with E-state index < -0.39 is 12.3 Å². The summed E-state index contributed by atoms with van der Waals surface area (Å²) in [7, 11) is 0. The number of alkyl halides is 3. The highest BCUT2D eigenvalue weighted by Crippen LogP contribution is 2.24. The van der Waals surface area contributed by atoms with Crippen molar-refractivity contribution in [1.82, 2.24) is 0 Å². The Morgan fingerprint density at radius 2 is 1.71 bits per heavy atom. The molecule has 3 nitrogen and oxygen atoms in total. The lowest BCUT2D eigenvalue weighted by Crippen LogP contribution is -2.17. The second kappa shape index (κ2) is 7.59. The van der Waals surface area contributed by atoms with Crippen LogP contribution in [0, 0.1) is 0 Å². The Balaban J connectivity index is 1.96. The topological polar surface area (TPSA) is 38.3 Å². The highest BCUT2D eigenvalue weighted by molar-refractivity contribution is 6.42. The fraction of sp³-hybridized carbons (Fsp3) is 0.0625. The molecule has 0 aliphatic heterocycles. The monoisotopic (exact) mass is 375 g/mol. The van der Waals surface area contributed by atoms with Gasteiger partial charge in [0, 0.05) is 11.8 Å². The van der Waals surface area contributed by atoms with Crippen LogP contribution in [0.5, 0.6) is 5.75 Å². The first-order chi connectivity index (χ1) is 11.2. The van der Waals surface area contributed by atoms with Crippen LogP contribution in [0.1, 0.15) is 5.56 Å². The third-order valence-corrected chi connectivity index (χ3v) is 3.47. The summed E-state index contributed by atoms with van der Waals surface area (Å²) in [4.78, 5) is 11.8. The Kier molecular flexibility index (Phi) is 5.75. The number of hydrogen-bond donors (Lipinski definition) is 1. The summed E-state index contributed by atoms with van der Waals surface area (Å²) >= 11 is 11.6. The summed E-state index contributed by atoms with van der Waals surface area (Å²) in [5.74, 6) is -0.822. The molecule has 126 valence electrons. The van der Waals surface area contributed by atoms with Gasteiger partial charge in [0.25, 0.3) is 0 Å². The lowest BCUT2D eigenvalue weighted by atomic mass is 10.2. The van der Waals surface area contributed by atoms with Crippen LogP contribution in [-0.2, 0) is 4.79 Å². The Hall–Kier alpha value is -2.18. The molecular weight excluding hydrogens is 366 g/mol. The van der Waals surface area contributed by atoms with Gasteiger partial charge in [-0.2, -0.15) is 0 Å². The van der Waals surface area contributed by atoms with E-state index >= 15 is 0 Å². The first kappa shape index (κ1) is 18.2. The van der Waals surface area contributed by atoms with Gasteiger partial charge in [-0.1, -0.05) is 29.3 Å². The molecule has 0 heterocycles. The predicted molar refractivity (Wildman–Crippen MR) is 87.3 cm³/mol. The molecule has 2 rings (SSSR count). The van der Waals surface area contributed by atoms with Gasteiger partial charge in [-0.15, -0.1) is 13.2 Å². The van der Waals surface area contributed by atoms with Gasteiger partial charge in [0.1, 0.15) is 5.75 Å². The van der Waals surface area contributed by atoms with Crippen molar-refractivity contribution in [2.75, 3.05) is 5.32 Å². The summed E-state index contributed by atoms with van der Waals surface area (Å²) < 4.78 is 39.9. The highest BCUT2D eigenvalue weighted by Gasteiger charge is 2.30. The summed E-state index contributed by atoms with van der Waals surface area (Å²) in [6, 6.07) is 9.68. The second-order valence-corrected chi connectivity index (χ2v) is 5.38. The minimum atomic E-state index is -4.76. The smallest absolute Gasteiger partial charge is 0.406 e. The Labute approximate surface area is 145 Å². The molecule has 1 N–H and O–H groups in total. The van der Waals surface area contributed by atoms with Crippen LogP contribution in [0.3, 0.4) is 0 Å². The van der Waals surface area contributed by atoms with Crippen molar-refractivity contribution in [3.05, 3.63) is 64.1 Å². The molecule has 0 saturated heterocycles. The number of amides is 1. The molecule has 0 unspecified atom stereocenters. The van der Waals surface area contributed by atoms with Crippen molar-refractivity contribution >= 4 is 40.9 Å². The van der Waals surface area contributed by atoms with E-state index in [0.717, 1.165) is 12.1 Å². The van der Waals surface area contributed by atoms with Gasteiger partial charge in [-0.3, -0.25) is 4.79 Å². The first-order valence-electron chi connectivity index (χ1n) is 6.53. The quantitative estimate of drug-likeness (QED) is 0.712. The van der Waals surface area contributed by atoms with Gasteiger partial charge in [-0.25, -0.2) is 0 Å². The predicted octanol–water partition coefficient (Wildman–Crippen LogP) is 5.54. The van der Waals surface area contributed by atoms with E-state index in [1.54, 1.807) is 18.2 Å². The number of rotatable bonds is 4. The molecule has 0 bridgehead atoms. The van der Waals surface area contributed by atoms with E-state index in [1.165, 1.54) is 24.3 Å². The number of benzene rings is 2. The Morgan fingerprint density at radius 1 is 1.04 bits per heavy atom. The van der Waals surface area contributed by atoms with E-state index in [1.807, 2.05) is 0 Å². The zero-order valence-electron chi connectivity index (χ0n) is 11.9. The molecule has 8 heteroatoms. The zero-order valence-corrected chi connectivity index (χ0v) is 13.4.